The highest BCUT2D eigenvalue weighted by atomic mass is 16.2. The molecule has 5 nitrogen and oxygen atoms in total. The van der Waals surface area contributed by atoms with Crippen LogP contribution in [0, 0.1) is 0 Å². The van der Waals surface area contributed by atoms with E-state index in [1.54, 1.807) is 17.3 Å². The van der Waals surface area contributed by atoms with Gasteiger partial charge in [-0.2, -0.15) is 0 Å². The van der Waals surface area contributed by atoms with E-state index in [-0.39, 0.29) is 17.9 Å². The molecule has 0 aliphatic carbocycles. The number of piperidine rings is 1. The predicted molar refractivity (Wildman–Crippen MR) is 96.5 cm³/mol. The Hall–Kier alpha value is -2.69. The molecule has 2 heterocycles. The first-order valence-corrected chi connectivity index (χ1v) is 8.70. The number of likely N-dealkylation sites (tertiary alicyclic amines) is 1. The molecule has 1 N–H and O–H groups in total. The highest BCUT2D eigenvalue weighted by Crippen LogP contribution is 2.23. The maximum Gasteiger partial charge on any atom is 0.243 e. The van der Waals surface area contributed by atoms with Crippen LogP contribution in [0.25, 0.3) is 11.1 Å². The third-order valence-electron chi connectivity index (χ3n) is 4.67. The molecule has 1 fully saturated rings. The minimum atomic E-state index is -0.348. The Labute approximate surface area is 148 Å². The van der Waals surface area contributed by atoms with Crippen LogP contribution in [0.5, 0.6) is 0 Å². The van der Waals surface area contributed by atoms with Crippen LogP contribution in [0.3, 0.4) is 0 Å². The zero-order valence-corrected chi connectivity index (χ0v) is 14.4. The Kier molecular flexibility index (Phi) is 5.43. The normalized spacial score (nSPS) is 17.2. The standard InChI is InChI=1S/C20H23N3O2/c1-15(24)23-13-5-4-8-19(23)20(25)22-14-17-6-2-3-7-18(17)16-9-11-21-12-10-16/h2-3,6-7,9-12,19H,4-5,8,13-14H2,1H3,(H,22,25). The van der Waals surface area contributed by atoms with Crippen molar-refractivity contribution in [2.75, 3.05) is 6.54 Å². The van der Waals surface area contributed by atoms with Crippen LogP contribution in [0.15, 0.2) is 48.8 Å². The van der Waals surface area contributed by atoms with Gasteiger partial charge in [-0.3, -0.25) is 14.6 Å². The second kappa shape index (κ2) is 7.92. The van der Waals surface area contributed by atoms with Crippen molar-refractivity contribution in [3.05, 3.63) is 54.4 Å². The van der Waals surface area contributed by atoms with E-state index in [0.29, 0.717) is 13.1 Å². The molecule has 1 saturated heterocycles. The molecule has 1 aromatic carbocycles. The zero-order valence-electron chi connectivity index (χ0n) is 14.4. The van der Waals surface area contributed by atoms with Crippen LogP contribution in [0.4, 0.5) is 0 Å². The molecular weight excluding hydrogens is 314 g/mol. The molecule has 0 radical (unpaired) electrons. The monoisotopic (exact) mass is 337 g/mol. The summed E-state index contributed by atoms with van der Waals surface area (Å²) in [6.45, 7) is 2.64. The lowest BCUT2D eigenvalue weighted by atomic mass is 9.99. The molecule has 0 bridgehead atoms. The lowest BCUT2D eigenvalue weighted by Crippen LogP contribution is -2.51. The fourth-order valence-electron chi connectivity index (χ4n) is 3.37. The number of rotatable bonds is 4. The van der Waals surface area contributed by atoms with E-state index in [9.17, 15) is 9.59 Å². The first kappa shape index (κ1) is 17.1. The van der Waals surface area contributed by atoms with E-state index in [1.807, 2.05) is 36.4 Å². The van der Waals surface area contributed by atoms with E-state index in [0.717, 1.165) is 36.0 Å². The molecule has 5 heteroatoms. The molecule has 130 valence electrons. The summed E-state index contributed by atoms with van der Waals surface area (Å²) in [5.41, 5.74) is 3.20. The lowest BCUT2D eigenvalue weighted by Gasteiger charge is -2.34. The minimum Gasteiger partial charge on any atom is -0.350 e. The number of hydrogen-bond donors (Lipinski definition) is 1. The van der Waals surface area contributed by atoms with Gasteiger partial charge in [0.25, 0.3) is 0 Å². The Balaban J connectivity index is 1.71. The quantitative estimate of drug-likeness (QED) is 0.933. The van der Waals surface area contributed by atoms with Gasteiger partial charge in [0.2, 0.25) is 11.8 Å². The van der Waals surface area contributed by atoms with Gasteiger partial charge in [-0.05, 0) is 48.1 Å². The van der Waals surface area contributed by atoms with Crippen LogP contribution < -0.4 is 5.32 Å². The first-order valence-electron chi connectivity index (χ1n) is 8.70. The second-order valence-electron chi connectivity index (χ2n) is 6.33. The maximum atomic E-state index is 12.6. The number of carbonyl (C=O) groups is 2. The Bertz CT molecular complexity index is 746. The van der Waals surface area contributed by atoms with Crippen LogP contribution in [-0.2, 0) is 16.1 Å². The number of aromatic nitrogens is 1. The maximum absolute atomic E-state index is 12.6. The van der Waals surface area contributed by atoms with Gasteiger partial charge < -0.3 is 10.2 Å². The van der Waals surface area contributed by atoms with Crippen molar-refractivity contribution in [3.8, 4) is 11.1 Å². The molecule has 1 atom stereocenters. The van der Waals surface area contributed by atoms with Crippen LogP contribution in [0.2, 0.25) is 0 Å². The predicted octanol–water partition coefficient (Wildman–Crippen LogP) is 2.77. The fourth-order valence-corrected chi connectivity index (χ4v) is 3.37. The molecule has 2 aromatic rings. The van der Waals surface area contributed by atoms with E-state index in [2.05, 4.69) is 10.3 Å². The fraction of sp³-hybridized carbons (Fsp3) is 0.350. The zero-order chi connectivity index (χ0) is 17.6. The van der Waals surface area contributed by atoms with Gasteiger partial charge in [-0.25, -0.2) is 0 Å². The van der Waals surface area contributed by atoms with Crippen molar-refractivity contribution in [2.45, 2.75) is 38.8 Å². The molecule has 1 aromatic heterocycles. The number of nitrogens with one attached hydrogen (secondary N) is 1. The summed E-state index contributed by atoms with van der Waals surface area (Å²) in [5.74, 6) is -0.100. The van der Waals surface area contributed by atoms with Gasteiger partial charge in [0.1, 0.15) is 6.04 Å². The van der Waals surface area contributed by atoms with Crippen molar-refractivity contribution < 1.29 is 9.59 Å². The van der Waals surface area contributed by atoms with E-state index >= 15 is 0 Å². The smallest absolute Gasteiger partial charge is 0.243 e. The summed E-state index contributed by atoms with van der Waals surface area (Å²) in [7, 11) is 0. The Morgan fingerprint density at radius 1 is 1.16 bits per heavy atom. The number of nitrogens with zero attached hydrogens (tertiary/aromatic N) is 2. The molecule has 1 aliphatic heterocycles. The van der Waals surface area contributed by atoms with E-state index in [1.165, 1.54) is 6.92 Å². The number of benzene rings is 1. The summed E-state index contributed by atoms with van der Waals surface area (Å²) >= 11 is 0. The third-order valence-corrected chi connectivity index (χ3v) is 4.67. The van der Waals surface area contributed by atoms with E-state index in [4.69, 9.17) is 0 Å². The van der Waals surface area contributed by atoms with Crippen LogP contribution >= 0.6 is 0 Å². The summed E-state index contributed by atoms with van der Waals surface area (Å²) in [5, 5.41) is 3.02. The first-order chi connectivity index (χ1) is 12.2. The van der Waals surface area contributed by atoms with Gasteiger partial charge in [0.15, 0.2) is 0 Å². The molecule has 1 aliphatic rings. The van der Waals surface area contributed by atoms with Gasteiger partial charge in [-0.15, -0.1) is 0 Å². The SMILES string of the molecule is CC(=O)N1CCCCC1C(=O)NCc1ccccc1-c1ccncc1. The van der Waals surface area contributed by atoms with Crippen molar-refractivity contribution in [1.82, 2.24) is 15.2 Å². The molecule has 25 heavy (non-hydrogen) atoms. The molecule has 0 spiro atoms. The third kappa shape index (κ3) is 4.05. The van der Waals surface area contributed by atoms with Crippen molar-refractivity contribution in [1.29, 1.82) is 0 Å². The van der Waals surface area contributed by atoms with Gasteiger partial charge in [0.05, 0.1) is 0 Å². The van der Waals surface area contributed by atoms with Crippen molar-refractivity contribution in [2.24, 2.45) is 0 Å². The summed E-state index contributed by atoms with van der Waals surface area (Å²) in [6, 6.07) is 11.6. The summed E-state index contributed by atoms with van der Waals surface area (Å²) in [4.78, 5) is 30.1. The topological polar surface area (TPSA) is 62.3 Å². The second-order valence-corrected chi connectivity index (χ2v) is 6.33. The summed E-state index contributed by atoms with van der Waals surface area (Å²) in [6.07, 6.45) is 6.20. The summed E-state index contributed by atoms with van der Waals surface area (Å²) < 4.78 is 0. The Morgan fingerprint density at radius 2 is 1.92 bits per heavy atom. The molecule has 2 amide bonds. The molecule has 0 saturated carbocycles. The highest BCUT2D eigenvalue weighted by Gasteiger charge is 2.30. The molecular formula is C20H23N3O2. The number of carbonyl (C=O) groups excluding carboxylic acids is 2. The van der Waals surface area contributed by atoms with Crippen LogP contribution in [-0.4, -0.2) is 34.3 Å². The van der Waals surface area contributed by atoms with Gasteiger partial charge in [0, 0.05) is 32.4 Å². The van der Waals surface area contributed by atoms with Crippen LogP contribution in [0.1, 0.15) is 31.7 Å². The van der Waals surface area contributed by atoms with Crippen molar-refractivity contribution >= 4 is 11.8 Å². The average molecular weight is 337 g/mol. The number of amides is 2. The van der Waals surface area contributed by atoms with Crippen molar-refractivity contribution in [3.63, 3.8) is 0 Å². The van der Waals surface area contributed by atoms with Gasteiger partial charge >= 0.3 is 0 Å². The minimum absolute atomic E-state index is 0.0305. The van der Waals surface area contributed by atoms with Gasteiger partial charge in [-0.1, -0.05) is 24.3 Å². The number of hydrogen-bond acceptors (Lipinski definition) is 3. The largest absolute Gasteiger partial charge is 0.350 e. The lowest BCUT2D eigenvalue weighted by molar-refractivity contribution is -0.140. The average Bonchev–Trinajstić information content (AvgIpc) is 2.67. The highest BCUT2D eigenvalue weighted by molar-refractivity contribution is 5.87. The van der Waals surface area contributed by atoms with E-state index < -0.39 is 0 Å². The molecule has 1 unspecified atom stereocenters. The Morgan fingerprint density at radius 3 is 2.68 bits per heavy atom. The molecule has 3 rings (SSSR count). The number of pyridine rings is 1.